The smallest absolute Gasteiger partial charge is 0.140 e. The zero-order chi connectivity index (χ0) is 10.7. The third-order valence-corrected chi connectivity index (χ3v) is 2.82. The second kappa shape index (κ2) is 4.41. The quantitative estimate of drug-likeness (QED) is 0.752. The van der Waals surface area contributed by atoms with E-state index in [2.05, 4.69) is 4.90 Å². The van der Waals surface area contributed by atoms with Gasteiger partial charge in [0, 0.05) is 6.54 Å². The molecule has 1 fully saturated rings. The van der Waals surface area contributed by atoms with E-state index in [4.69, 9.17) is 5.26 Å². The third-order valence-electron chi connectivity index (χ3n) is 2.82. The Bertz CT molecular complexity index is 391. The van der Waals surface area contributed by atoms with E-state index >= 15 is 0 Å². The van der Waals surface area contributed by atoms with Crippen LogP contribution in [0.2, 0.25) is 0 Å². The van der Waals surface area contributed by atoms with Crippen LogP contribution >= 0.6 is 0 Å². The first-order chi connectivity index (χ1) is 7.29. The number of hydrogen-bond acceptors (Lipinski definition) is 2. The molecule has 0 radical (unpaired) electrons. The summed E-state index contributed by atoms with van der Waals surface area (Å²) in [5.74, 6) is -0.426. The number of hydrogen-bond donors (Lipinski definition) is 0. The molecule has 0 amide bonds. The highest BCUT2D eigenvalue weighted by atomic mass is 19.1. The summed E-state index contributed by atoms with van der Waals surface area (Å²) in [7, 11) is 0. The second-order valence-electron chi connectivity index (χ2n) is 3.87. The van der Waals surface area contributed by atoms with Gasteiger partial charge < -0.3 is 4.90 Å². The normalized spacial score (nSPS) is 15.7. The molecule has 78 valence electrons. The van der Waals surface area contributed by atoms with Crippen LogP contribution in [-0.4, -0.2) is 24.5 Å². The fourth-order valence-electron chi connectivity index (χ4n) is 1.71. The van der Waals surface area contributed by atoms with Gasteiger partial charge in [0.25, 0.3) is 0 Å². The van der Waals surface area contributed by atoms with Gasteiger partial charge in [0.2, 0.25) is 0 Å². The highest BCUT2D eigenvalue weighted by molar-refractivity contribution is 5.34. The van der Waals surface area contributed by atoms with Crippen LogP contribution in [0.5, 0.6) is 0 Å². The van der Waals surface area contributed by atoms with Gasteiger partial charge >= 0.3 is 0 Å². The minimum atomic E-state index is -0.426. The predicted molar refractivity (Wildman–Crippen MR) is 55.9 cm³/mol. The maximum Gasteiger partial charge on any atom is 0.140 e. The van der Waals surface area contributed by atoms with Crippen molar-refractivity contribution in [3.63, 3.8) is 0 Å². The largest absolute Gasteiger partial charge is 0.303 e. The standard InChI is InChI=1S/C12H13FN2/c13-12-3-2-10(8-11(12)9-14)4-7-15-5-1-6-15/h2-3,8H,1,4-7H2. The second-order valence-corrected chi connectivity index (χ2v) is 3.87. The van der Waals surface area contributed by atoms with Crippen LogP contribution in [0, 0.1) is 17.1 Å². The molecule has 0 aliphatic carbocycles. The van der Waals surface area contributed by atoms with Crippen molar-refractivity contribution >= 4 is 0 Å². The van der Waals surface area contributed by atoms with Crippen LogP contribution in [-0.2, 0) is 6.42 Å². The van der Waals surface area contributed by atoms with E-state index in [9.17, 15) is 4.39 Å². The molecule has 0 spiro atoms. The third kappa shape index (κ3) is 2.34. The Morgan fingerprint density at radius 1 is 1.40 bits per heavy atom. The summed E-state index contributed by atoms with van der Waals surface area (Å²) in [5.41, 5.74) is 1.19. The van der Waals surface area contributed by atoms with Gasteiger partial charge in [-0.25, -0.2) is 4.39 Å². The number of rotatable bonds is 3. The van der Waals surface area contributed by atoms with Crippen LogP contribution in [0.1, 0.15) is 17.5 Å². The van der Waals surface area contributed by atoms with E-state index in [0.717, 1.165) is 18.5 Å². The summed E-state index contributed by atoms with van der Waals surface area (Å²) in [6, 6.07) is 6.65. The molecule has 0 aromatic heterocycles. The van der Waals surface area contributed by atoms with Crippen molar-refractivity contribution in [3.8, 4) is 6.07 Å². The number of nitriles is 1. The van der Waals surface area contributed by atoms with Crippen molar-refractivity contribution in [2.75, 3.05) is 19.6 Å². The van der Waals surface area contributed by atoms with Gasteiger partial charge in [-0.15, -0.1) is 0 Å². The molecule has 0 saturated carbocycles. The van der Waals surface area contributed by atoms with Crippen LogP contribution in [0.15, 0.2) is 18.2 Å². The summed E-state index contributed by atoms with van der Waals surface area (Å²) in [5, 5.41) is 8.68. The van der Waals surface area contributed by atoms with Crippen molar-refractivity contribution in [3.05, 3.63) is 35.1 Å². The fourth-order valence-corrected chi connectivity index (χ4v) is 1.71. The Labute approximate surface area is 88.9 Å². The average molecular weight is 204 g/mol. The molecule has 1 heterocycles. The van der Waals surface area contributed by atoms with Crippen molar-refractivity contribution in [1.82, 2.24) is 4.90 Å². The van der Waals surface area contributed by atoms with Gasteiger partial charge in [-0.2, -0.15) is 5.26 Å². The van der Waals surface area contributed by atoms with Gasteiger partial charge in [-0.1, -0.05) is 6.07 Å². The van der Waals surface area contributed by atoms with Crippen LogP contribution in [0.3, 0.4) is 0 Å². The maximum absolute atomic E-state index is 13.0. The molecule has 1 aromatic carbocycles. The Morgan fingerprint density at radius 3 is 2.80 bits per heavy atom. The minimum absolute atomic E-state index is 0.149. The average Bonchev–Trinajstić information content (AvgIpc) is 2.18. The summed E-state index contributed by atoms with van der Waals surface area (Å²) in [4.78, 5) is 2.36. The molecule has 1 aromatic rings. The summed E-state index contributed by atoms with van der Waals surface area (Å²) < 4.78 is 13.0. The Morgan fingerprint density at radius 2 is 2.20 bits per heavy atom. The van der Waals surface area contributed by atoms with E-state index in [-0.39, 0.29) is 5.56 Å². The highest BCUT2D eigenvalue weighted by Gasteiger charge is 2.13. The van der Waals surface area contributed by atoms with E-state index in [1.165, 1.54) is 25.6 Å². The van der Waals surface area contributed by atoms with Gasteiger partial charge in [-0.05, 0) is 43.6 Å². The molecule has 1 saturated heterocycles. The Balaban J connectivity index is 1.99. The SMILES string of the molecule is N#Cc1cc(CCN2CCC2)ccc1F. The molecule has 0 N–H and O–H groups in total. The molecule has 3 heteroatoms. The van der Waals surface area contributed by atoms with E-state index in [0.29, 0.717) is 0 Å². The molecule has 15 heavy (non-hydrogen) atoms. The molecular weight excluding hydrogens is 191 g/mol. The van der Waals surface area contributed by atoms with Crippen LogP contribution in [0.4, 0.5) is 4.39 Å². The first-order valence-electron chi connectivity index (χ1n) is 5.20. The Hall–Kier alpha value is -1.40. The van der Waals surface area contributed by atoms with Gasteiger partial charge in [-0.3, -0.25) is 0 Å². The van der Waals surface area contributed by atoms with Gasteiger partial charge in [0.15, 0.2) is 0 Å². The van der Waals surface area contributed by atoms with Crippen molar-refractivity contribution in [1.29, 1.82) is 5.26 Å². The van der Waals surface area contributed by atoms with E-state index in [1.807, 2.05) is 6.07 Å². The lowest BCUT2D eigenvalue weighted by Crippen LogP contribution is -2.38. The van der Waals surface area contributed by atoms with Gasteiger partial charge in [0.05, 0.1) is 5.56 Å². The number of nitrogens with zero attached hydrogens (tertiary/aromatic N) is 2. The number of benzene rings is 1. The first kappa shape index (κ1) is 10.1. The van der Waals surface area contributed by atoms with Crippen LogP contribution < -0.4 is 0 Å². The topological polar surface area (TPSA) is 27.0 Å². The van der Waals surface area contributed by atoms with E-state index < -0.39 is 5.82 Å². The molecule has 0 unspecified atom stereocenters. The fraction of sp³-hybridized carbons (Fsp3) is 0.417. The minimum Gasteiger partial charge on any atom is -0.303 e. The number of likely N-dealkylation sites (tertiary alicyclic amines) is 1. The van der Waals surface area contributed by atoms with Crippen molar-refractivity contribution in [2.45, 2.75) is 12.8 Å². The molecule has 2 rings (SSSR count). The molecule has 2 nitrogen and oxygen atoms in total. The molecular formula is C12H13FN2. The van der Waals surface area contributed by atoms with E-state index in [1.54, 1.807) is 12.1 Å². The lowest BCUT2D eigenvalue weighted by atomic mass is 10.1. The van der Waals surface area contributed by atoms with Crippen LogP contribution in [0.25, 0.3) is 0 Å². The monoisotopic (exact) mass is 204 g/mol. The Kier molecular flexibility index (Phi) is 2.98. The van der Waals surface area contributed by atoms with Crippen molar-refractivity contribution < 1.29 is 4.39 Å². The zero-order valence-electron chi connectivity index (χ0n) is 8.54. The summed E-state index contributed by atoms with van der Waals surface area (Å²) >= 11 is 0. The summed E-state index contributed by atoms with van der Waals surface area (Å²) in [6.45, 7) is 3.36. The molecule has 1 aliphatic rings. The molecule has 0 atom stereocenters. The lowest BCUT2D eigenvalue weighted by Gasteiger charge is -2.30. The highest BCUT2D eigenvalue weighted by Crippen LogP contribution is 2.12. The lowest BCUT2D eigenvalue weighted by molar-refractivity contribution is 0.184. The maximum atomic E-state index is 13.0. The first-order valence-corrected chi connectivity index (χ1v) is 5.20. The molecule has 1 aliphatic heterocycles. The van der Waals surface area contributed by atoms with Crippen molar-refractivity contribution in [2.24, 2.45) is 0 Å². The predicted octanol–water partition coefficient (Wildman–Crippen LogP) is 1.95. The summed E-state index contributed by atoms with van der Waals surface area (Å²) in [6.07, 6.45) is 2.18. The molecule has 0 bridgehead atoms. The van der Waals surface area contributed by atoms with Gasteiger partial charge in [0.1, 0.15) is 11.9 Å². The zero-order valence-corrected chi connectivity index (χ0v) is 8.54. The number of halogens is 1.